The van der Waals surface area contributed by atoms with E-state index in [1.165, 1.54) is 0 Å². The number of halogens is 2. The Bertz CT molecular complexity index is 434. The standard InChI is InChI=1S/C14H27F2NO3S/c1-9(2)21(19,20)12-7-5-4-6-10(12)8-11(17)13(18)14(3,15)16/h9-13,18H,4-8,17H2,1-3H3/t10?,11-,12?,13+/m0/s1. The van der Waals surface area contributed by atoms with Gasteiger partial charge in [-0.15, -0.1) is 0 Å². The second-order valence-electron chi connectivity index (χ2n) is 6.52. The van der Waals surface area contributed by atoms with E-state index in [4.69, 9.17) is 5.73 Å². The van der Waals surface area contributed by atoms with Crippen molar-refractivity contribution in [2.45, 2.75) is 81.4 Å². The van der Waals surface area contributed by atoms with E-state index in [0.29, 0.717) is 19.8 Å². The molecule has 1 fully saturated rings. The summed E-state index contributed by atoms with van der Waals surface area (Å²) in [6.45, 7) is 3.90. The molecule has 1 aliphatic rings. The van der Waals surface area contributed by atoms with Crippen molar-refractivity contribution in [1.82, 2.24) is 0 Å². The van der Waals surface area contributed by atoms with E-state index in [-0.39, 0.29) is 12.3 Å². The number of aliphatic hydroxyl groups excluding tert-OH is 1. The highest BCUT2D eigenvalue weighted by Gasteiger charge is 2.42. The van der Waals surface area contributed by atoms with Gasteiger partial charge in [-0.25, -0.2) is 17.2 Å². The molecule has 3 N–H and O–H groups in total. The molecule has 0 aromatic carbocycles. The van der Waals surface area contributed by atoms with Gasteiger partial charge in [-0.05, 0) is 39.0 Å². The summed E-state index contributed by atoms with van der Waals surface area (Å²) in [5.41, 5.74) is 5.69. The molecule has 0 aliphatic heterocycles. The van der Waals surface area contributed by atoms with Crippen molar-refractivity contribution in [3.05, 3.63) is 0 Å². The lowest BCUT2D eigenvalue weighted by atomic mass is 9.83. The van der Waals surface area contributed by atoms with E-state index in [9.17, 15) is 22.3 Å². The quantitative estimate of drug-likeness (QED) is 0.783. The monoisotopic (exact) mass is 327 g/mol. The number of aliphatic hydroxyl groups is 1. The first-order valence-corrected chi connectivity index (χ1v) is 9.13. The largest absolute Gasteiger partial charge is 0.385 e. The van der Waals surface area contributed by atoms with Crippen LogP contribution in [0.2, 0.25) is 0 Å². The molecule has 4 atom stereocenters. The van der Waals surface area contributed by atoms with Gasteiger partial charge in [0, 0.05) is 13.0 Å². The van der Waals surface area contributed by atoms with Crippen molar-refractivity contribution < 1.29 is 22.3 Å². The van der Waals surface area contributed by atoms with Gasteiger partial charge in [-0.2, -0.15) is 0 Å². The molecule has 7 heteroatoms. The fourth-order valence-electron chi connectivity index (χ4n) is 3.08. The first-order chi connectivity index (χ1) is 9.48. The fourth-order valence-corrected chi connectivity index (χ4v) is 5.06. The number of sulfone groups is 1. The summed E-state index contributed by atoms with van der Waals surface area (Å²) in [5.74, 6) is -3.53. The van der Waals surface area contributed by atoms with Crippen molar-refractivity contribution >= 4 is 9.84 Å². The van der Waals surface area contributed by atoms with Crippen molar-refractivity contribution in [2.75, 3.05) is 0 Å². The zero-order valence-electron chi connectivity index (χ0n) is 12.9. The van der Waals surface area contributed by atoms with Crippen molar-refractivity contribution in [1.29, 1.82) is 0 Å². The Hall–Kier alpha value is -0.270. The Labute approximate surface area is 126 Å². The molecule has 1 rings (SSSR count). The van der Waals surface area contributed by atoms with Crippen molar-refractivity contribution in [3.63, 3.8) is 0 Å². The van der Waals surface area contributed by atoms with Gasteiger partial charge < -0.3 is 10.8 Å². The number of rotatable bonds is 6. The first kappa shape index (κ1) is 18.8. The van der Waals surface area contributed by atoms with E-state index in [1.54, 1.807) is 13.8 Å². The van der Waals surface area contributed by atoms with Crippen LogP contribution >= 0.6 is 0 Å². The lowest BCUT2D eigenvalue weighted by molar-refractivity contribution is -0.105. The normalized spacial score (nSPS) is 27.6. The highest BCUT2D eigenvalue weighted by molar-refractivity contribution is 7.92. The van der Waals surface area contributed by atoms with Gasteiger partial charge in [-0.3, -0.25) is 0 Å². The molecule has 4 nitrogen and oxygen atoms in total. The summed E-state index contributed by atoms with van der Waals surface area (Å²) in [7, 11) is -3.28. The van der Waals surface area contributed by atoms with Crippen LogP contribution in [-0.4, -0.2) is 42.1 Å². The highest BCUT2D eigenvalue weighted by atomic mass is 32.2. The van der Waals surface area contributed by atoms with Crippen LogP contribution in [0.1, 0.15) is 52.9 Å². The fraction of sp³-hybridized carbons (Fsp3) is 1.00. The summed E-state index contributed by atoms with van der Waals surface area (Å²) in [4.78, 5) is 0. The SMILES string of the molecule is CC(C)S(=O)(=O)C1CCCCC1C[C@H](N)[C@@H](O)C(C)(F)F. The minimum absolute atomic E-state index is 0.112. The smallest absolute Gasteiger partial charge is 0.272 e. The van der Waals surface area contributed by atoms with E-state index >= 15 is 0 Å². The van der Waals surface area contributed by atoms with Crippen LogP contribution in [0.3, 0.4) is 0 Å². The average molecular weight is 327 g/mol. The summed E-state index contributed by atoms with van der Waals surface area (Å²) in [6, 6.07) is -1.11. The molecular formula is C14H27F2NO3S. The van der Waals surface area contributed by atoms with Crippen molar-refractivity contribution in [3.8, 4) is 0 Å². The molecule has 0 bridgehead atoms. The number of hydrogen-bond donors (Lipinski definition) is 2. The predicted octanol–water partition coefficient (Wildman–Crippen LogP) is 2.10. The van der Waals surface area contributed by atoms with E-state index in [1.807, 2.05) is 0 Å². The zero-order valence-corrected chi connectivity index (χ0v) is 13.7. The van der Waals surface area contributed by atoms with Gasteiger partial charge in [0.05, 0.1) is 10.5 Å². The molecule has 0 heterocycles. The summed E-state index contributed by atoms with van der Waals surface area (Å²) in [5, 5.41) is 8.54. The summed E-state index contributed by atoms with van der Waals surface area (Å²) >= 11 is 0. The molecule has 0 radical (unpaired) electrons. The van der Waals surface area contributed by atoms with Crippen LogP contribution < -0.4 is 5.73 Å². The van der Waals surface area contributed by atoms with Gasteiger partial charge in [0.15, 0.2) is 9.84 Å². The average Bonchev–Trinajstić information content (AvgIpc) is 2.36. The molecule has 0 aromatic rings. The van der Waals surface area contributed by atoms with E-state index < -0.39 is 38.4 Å². The molecule has 2 unspecified atom stereocenters. The summed E-state index contributed by atoms with van der Waals surface area (Å²) < 4.78 is 51.0. The minimum atomic E-state index is -3.28. The molecule has 0 aromatic heterocycles. The molecule has 1 aliphatic carbocycles. The number of hydrogen-bond acceptors (Lipinski definition) is 4. The number of alkyl halides is 2. The Morgan fingerprint density at radius 1 is 1.29 bits per heavy atom. The molecule has 0 saturated heterocycles. The third kappa shape index (κ3) is 4.60. The van der Waals surface area contributed by atoms with Crippen molar-refractivity contribution in [2.24, 2.45) is 11.7 Å². The second kappa shape index (κ2) is 6.87. The lowest BCUT2D eigenvalue weighted by Crippen LogP contribution is -2.48. The molecular weight excluding hydrogens is 300 g/mol. The Morgan fingerprint density at radius 2 is 1.81 bits per heavy atom. The molecule has 126 valence electrons. The maximum Gasteiger partial charge on any atom is 0.272 e. The molecule has 0 spiro atoms. The van der Waals surface area contributed by atoms with Crippen LogP contribution in [0.4, 0.5) is 8.78 Å². The van der Waals surface area contributed by atoms with Crippen LogP contribution in [0.5, 0.6) is 0 Å². The maximum atomic E-state index is 13.1. The molecule has 0 amide bonds. The maximum absolute atomic E-state index is 13.1. The first-order valence-electron chi connectivity index (χ1n) is 7.52. The highest BCUT2D eigenvalue weighted by Crippen LogP contribution is 2.35. The van der Waals surface area contributed by atoms with Crippen LogP contribution in [0, 0.1) is 5.92 Å². The molecule has 1 saturated carbocycles. The van der Waals surface area contributed by atoms with E-state index in [0.717, 1.165) is 12.8 Å². The van der Waals surface area contributed by atoms with Gasteiger partial charge >= 0.3 is 0 Å². The zero-order chi connectivity index (χ0) is 16.4. The third-order valence-corrected chi connectivity index (χ3v) is 7.20. The molecule has 21 heavy (non-hydrogen) atoms. The topological polar surface area (TPSA) is 80.4 Å². The number of nitrogens with two attached hydrogens (primary N) is 1. The van der Waals surface area contributed by atoms with E-state index in [2.05, 4.69) is 0 Å². The van der Waals surface area contributed by atoms with Crippen LogP contribution in [0.25, 0.3) is 0 Å². The Kier molecular flexibility index (Phi) is 6.15. The van der Waals surface area contributed by atoms with Gasteiger partial charge in [0.1, 0.15) is 6.10 Å². The van der Waals surface area contributed by atoms with Gasteiger partial charge in [0.25, 0.3) is 5.92 Å². The van der Waals surface area contributed by atoms with Gasteiger partial charge in [0.2, 0.25) is 0 Å². The van der Waals surface area contributed by atoms with Crippen LogP contribution in [0.15, 0.2) is 0 Å². The van der Waals surface area contributed by atoms with Crippen LogP contribution in [-0.2, 0) is 9.84 Å². The second-order valence-corrected chi connectivity index (χ2v) is 9.25. The van der Waals surface area contributed by atoms with Gasteiger partial charge in [-0.1, -0.05) is 12.8 Å². The third-order valence-electron chi connectivity index (χ3n) is 4.42. The summed E-state index contributed by atoms with van der Waals surface area (Å²) in [6.07, 6.45) is 1.08. The lowest BCUT2D eigenvalue weighted by Gasteiger charge is -2.35. The Balaban J connectivity index is 2.84. The minimum Gasteiger partial charge on any atom is -0.385 e. The predicted molar refractivity (Wildman–Crippen MR) is 79.0 cm³/mol. The Morgan fingerprint density at radius 3 is 2.29 bits per heavy atom.